The molecule has 2 N–H and O–H groups in total. The van der Waals surface area contributed by atoms with Crippen LogP contribution in [0.2, 0.25) is 0 Å². The number of hydrogen-bond acceptors (Lipinski definition) is 4. The summed E-state index contributed by atoms with van der Waals surface area (Å²) in [6, 6.07) is 8.42. The van der Waals surface area contributed by atoms with Gasteiger partial charge in [-0.2, -0.15) is 0 Å². The highest BCUT2D eigenvalue weighted by atomic mass is 79.9. The minimum atomic E-state index is 0.165. The van der Waals surface area contributed by atoms with Crippen LogP contribution in [0.25, 0.3) is 0 Å². The van der Waals surface area contributed by atoms with Crippen LogP contribution < -0.4 is 15.5 Å². The fourth-order valence-corrected chi connectivity index (χ4v) is 4.62. The molecule has 1 unspecified atom stereocenters. The van der Waals surface area contributed by atoms with Crippen molar-refractivity contribution in [2.75, 3.05) is 31.6 Å². The second-order valence-electron chi connectivity index (χ2n) is 6.45. The number of hydrogen-bond donors (Lipinski definition) is 2. The van der Waals surface area contributed by atoms with E-state index in [0.29, 0.717) is 0 Å². The lowest BCUT2D eigenvalue weighted by Gasteiger charge is -2.19. The van der Waals surface area contributed by atoms with E-state index in [-0.39, 0.29) is 6.04 Å². The van der Waals surface area contributed by atoms with Crippen molar-refractivity contribution >= 4 is 38.4 Å². The first-order valence-corrected chi connectivity index (χ1v) is 10.8. The molecule has 7 heteroatoms. The molecule has 0 amide bonds. The molecular weight excluding hydrogens is 410 g/mol. The number of thiazole rings is 1. The van der Waals surface area contributed by atoms with Gasteiger partial charge in [0.25, 0.3) is 0 Å². The summed E-state index contributed by atoms with van der Waals surface area (Å²) in [4.78, 5) is 11.5. The van der Waals surface area contributed by atoms with Crippen LogP contribution in [0.3, 0.4) is 0 Å². The number of nitrogens with one attached hydrogen (secondary N) is 2. The van der Waals surface area contributed by atoms with Gasteiger partial charge in [-0.05, 0) is 31.4 Å². The number of guanidine groups is 1. The van der Waals surface area contributed by atoms with Crippen molar-refractivity contribution in [1.82, 2.24) is 15.6 Å². The van der Waals surface area contributed by atoms with Crippen molar-refractivity contribution in [3.05, 3.63) is 45.4 Å². The minimum Gasteiger partial charge on any atom is -0.356 e. The molecule has 5 nitrogen and oxygen atoms in total. The highest BCUT2D eigenvalue weighted by molar-refractivity contribution is 9.10. The summed E-state index contributed by atoms with van der Waals surface area (Å²) in [5.41, 5.74) is 2.36. The largest absolute Gasteiger partial charge is 0.356 e. The first kappa shape index (κ1) is 19.2. The fourth-order valence-electron chi connectivity index (χ4n) is 3.08. The fraction of sp³-hybridized carbons (Fsp3) is 0.474. The van der Waals surface area contributed by atoms with Gasteiger partial charge < -0.3 is 15.5 Å². The van der Waals surface area contributed by atoms with Gasteiger partial charge in [0.15, 0.2) is 11.1 Å². The van der Waals surface area contributed by atoms with Crippen LogP contribution >= 0.6 is 27.3 Å². The van der Waals surface area contributed by atoms with Crippen LogP contribution in [0.4, 0.5) is 5.13 Å². The number of aliphatic imine (C=N–C) groups is 1. The number of benzene rings is 1. The van der Waals surface area contributed by atoms with Crippen molar-refractivity contribution in [3.8, 4) is 0 Å². The van der Waals surface area contributed by atoms with Crippen LogP contribution in [0.15, 0.2) is 39.1 Å². The Morgan fingerprint density at radius 3 is 2.85 bits per heavy atom. The molecule has 1 aromatic heterocycles. The molecule has 1 aliphatic heterocycles. The smallest absolute Gasteiger partial charge is 0.191 e. The van der Waals surface area contributed by atoms with E-state index < -0.39 is 0 Å². The van der Waals surface area contributed by atoms with Crippen molar-refractivity contribution < 1.29 is 0 Å². The molecule has 26 heavy (non-hydrogen) atoms. The molecule has 1 aromatic carbocycles. The highest BCUT2D eigenvalue weighted by Crippen LogP contribution is 2.24. The number of nitrogens with zero attached hydrogens (tertiary/aromatic N) is 3. The standard InChI is InChI=1S/C19H26BrN5S/c1-14(16-7-3-4-8-17(16)20)23-18(21-2)22-10-9-15-13-26-19(24-15)25-11-5-6-12-25/h3-4,7-8,13-14H,5-6,9-12H2,1-2H3,(H2,21,22,23). The molecule has 2 aromatic rings. The Bertz CT molecular complexity index is 739. The van der Waals surface area contributed by atoms with Gasteiger partial charge in [0, 0.05) is 43.0 Å². The Morgan fingerprint density at radius 1 is 1.35 bits per heavy atom. The van der Waals surface area contributed by atoms with Crippen LogP contribution in [0.5, 0.6) is 0 Å². The molecule has 3 rings (SSSR count). The first-order valence-electron chi connectivity index (χ1n) is 9.08. The van der Waals surface area contributed by atoms with Gasteiger partial charge in [-0.1, -0.05) is 34.1 Å². The summed E-state index contributed by atoms with van der Waals surface area (Å²) in [6.45, 7) is 5.24. The van der Waals surface area contributed by atoms with Gasteiger partial charge in [0.2, 0.25) is 0 Å². The molecule has 0 saturated carbocycles. The first-order chi connectivity index (χ1) is 12.7. The Morgan fingerprint density at radius 2 is 2.12 bits per heavy atom. The van der Waals surface area contributed by atoms with E-state index >= 15 is 0 Å². The van der Waals surface area contributed by atoms with Crippen LogP contribution in [0, 0.1) is 0 Å². The number of halogens is 1. The van der Waals surface area contributed by atoms with E-state index in [4.69, 9.17) is 4.98 Å². The van der Waals surface area contributed by atoms with Crippen LogP contribution in [0.1, 0.15) is 37.1 Å². The van der Waals surface area contributed by atoms with Gasteiger partial charge in [-0.25, -0.2) is 4.98 Å². The Hall–Kier alpha value is -1.60. The lowest BCUT2D eigenvalue weighted by Crippen LogP contribution is -2.39. The quantitative estimate of drug-likeness (QED) is 0.532. The minimum absolute atomic E-state index is 0.165. The summed E-state index contributed by atoms with van der Waals surface area (Å²) in [7, 11) is 1.80. The summed E-state index contributed by atoms with van der Waals surface area (Å²) in [5.74, 6) is 0.809. The number of aromatic nitrogens is 1. The van der Waals surface area contributed by atoms with E-state index in [1.807, 2.05) is 6.07 Å². The van der Waals surface area contributed by atoms with Crippen molar-refractivity contribution in [2.24, 2.45) is 4.99 Å². The summed E-state index contributed by atoms with van der Waals surface area (Å²) >= 11 is 5.37. The van der Waals surface area contributed by atoms with E-state index in [1.165, 1.54) is 23.5 Å². The number of rotatable bonds is 6. The molecule has 1 saturated heterocycles. The van der Waals surface area contributed by atoms with E-state index in [1.54, 1.807) is 18.4 Å². The molecule has 1 atom stereocenters. The molecule has 0 aliphatic carbocycles. The van der Waals surface area contributed by atoms with Crippen molar-refractivity contribution in [1.29, 1.82) is 0 Å². The Balaban J connectivity index is 1.48. The second-order valence-corrected chi connectivity index (χ2v) is 8.14. The lowest BCUT2D eigenvalue weighted by atomic mass is 10.1. The third-order valence-electron chi connectivity index (χ3n) is 4.54. The van der Waals surface area contributed by atoms with Gasteiger partial charge in [-0.15, -0.1) is 11.3 Å². The second kappa shape index (κ2) is 9.37. The topological polar surface area (TPSA) is 52.6 Å². The van der Waals surface area contributed by atoms with E-state index in [0.717, 1.165) is 42.2 Å². The number of anilines is 1. The summed E-state index contributed by atoms with van der Waals surface area (Å²) < 4.78 is 1.10. The predicted molar refractivity (Wildman–Crippen MR) is 114 cm³/mol. The molecule has 0 radical (unpaired) electrons. The summed E-state index contributed by atoms with van der Waals surface area (Å²) in [5, 5.41) is 10.2. The molecule has 0 bridgehead atoms. The Labute approximate surface area is 168 Å². The third-order valence-corrected chi connectivity index (χ3v) is 6.21. The molecule has 2 heterocycles. The average Bonchev–Trinajstić information content (AvgIpc) is 3.32. The van der Waals surface area contributed by atoms with E-state index in [9.17, 15) is 0 Å². The maximum absolute atomic E-state index is 4.77. The molecule has 0 spiro atoms. The monoisotopic (exact) mass is 435 g/mol. The molecule has 140 valence electrons. The normalized spacial score (nSPS) is 16.0. The molecule has 1 fully saturated rings. The third kappa shape index (κ3) is 4.98. The van der Waals surface area contributed by atoms with Gasteiger partial charge in [0.1, 0.15) is 0 Å². The van der Waals surface area contributed by atoms with Gasteiger partial charge >= 0.3 is 0 Å². The average molecular weight is 436 g/mol. The summed E-state index contributed by atoms with van der Waals surface area (Å²) in [6.07, 6.45) is 3.47. The maximum atomic E-state index is 4.77. The van der Waals surface area contributed by atoms with Crippen molar-refractivity contribution in [2.45, 2.75) is 32.2 Å². The zero-order valence-corrected chi connectivity index (χ0v) is 17.7. The van der Waals surface area contributed by atoms with E-state index in [2.05, 4.69) is 67.0 Å². The molecular formula is C19H26BrN5S. The Kier molecular flexibility index (Phi) is 6.91. The zero-order chi connectivity index (χ0) is 18.4. The highest BCUT2D eigenvalue weighted by Gasteiger charge is 2.15. The maximum Gasteiger partial charge on any atom is 0.191 e. The zero-order valence-electron chi connectivity index (χ0n) is 15.3. The lowest BCUT2D eigenvalue weighted by molar-refractivity contribution is 0.680. The van der Waals surface area contributed by atoms with Crippen molar-refractivity contribution in [3.63, 3.8) is 0 Å². The molecule has 1 aliphatic rings. The van der Waals surface area contributed by atoms with Crippen LogP contribution in [-0.4, -0.2) is 37.6 Å². The van der Waals surface area contributed by atoms with Gasteiger partial charge in [0.05, 0.1) is 11.7 Å². The van der Waals surface area contributed by atoms with Gasteiger partial charge in [-0.3, -0.25) is 4.99 Å². The van der Waals surface area contributed by atoms with Crippen LogP contribution in [-0.2, 0) is 6.42 Å². The SMILES string of the molecule is CN=C(NCCc1csc(N2CCCC2)n1)NC(C)c1ccccc1Br. The predicted octanol–water partition coefficient (Wildman–Crippen LogP) is 3.97.